The molecule has 1 atom stereocenters. The van der Waals surface area contributed by atoms with Crippen LogP contribution in [0.15, 0.2) is 36.8 Å². The molecule has 2 heterocycles. The van der Waals surface area contributed by atoms with Crippen LogP contribution in [0.3, 0.4) is 0 Å². The third-order valence-electron chi connectivity index (χ3n) is 3.77. The fraction of sp³-hybridized carbons (Fsp3) is 0.250. The Labute approximate surface area is 148 Å². The average Bonchev–Trinajstić information content (AvgIpc) is 3.19. The van der Waals surface area contributed by atoms with Gasteiger partial charge >= 0.3 is 0 Å². The number of aryl methyl sites for hydroxylation is 1. The average molecular weight is 363 g/mol. The van der Waals surface area contributed by atoms with Crippen molar-refractivity contribution in [3.63, 3.8) is 0 Å². The molecule has 0 spiro atoms. The molecule has 0 saturated heterocycles. The Kier molecular flexibility index (Phi) is 4.80. The van der Waals surface area contributed by atoms with Gasteiger partial charge in [0, 0.05) is 22.5 Å². The molecule has 3 rings (SSSR count). The number of amides is 1. The molecule has 130 valence electrons. The van der Waals surface area contributed by atoms with E-state index in [1.54, 1.807) is 23.9 Å². The second-order valence-corrected chi connectivity index (χ2v) is 5.96. The monoisotopic (exact) mass is 362 g/mol. The van der Waals surface area contributed by atoms with Gasteiger partial charge in [-0.05, 0) is 32.0 Å². The van der Waals surface area contributed by atoms with Gasteiger partial charge in [0.1, 0.15) is 18.2 Å². The Morgan fingerprint density at radius 2 is 2.20 bits per heavy atom. The molecule has 7 nitrogen and oxygen atoms in total. The highest BCUT2D eigenvalue weighted by molar-refractivity contribution is 6.31. The Hall–Kier alpha value is -2.74. The van der Waals surface area contributed by atoms with Crippen LogP contribution in [0.4, 0.5) is 10.3 Å². The van der Waals surface area contributed by atoms with Crippen molar-refractivity contribution < 1.29 is 9.18 Å². The number of hydrogen-bond acceptors (Lipinski definition) is 4. The van der Waals surface area contributed by atoms with E-state index in [0.717, 1.165) is 5.69 Å². The van der Waals surface area contributed by atoms with E-state index < -0.39 is 11.9 Å². The summed E-state index contributed by atoms with van der Waals surface area (Å²) >= 11 is 6.00. The molecule has 0 bridgehead atoms. The SMILES string of the molecule is Cc1ccnn1C(C)C(=O)Nc1ncn(Cc2c(F)cccc2Cl)n1. The molecule has 1 unspecified atom stereocenters. The zero-order valence-corrected chi connectivity index (χ0v) is 14.4. The summed E-state index contributed by atoms with van der Waals surface area (Å²) in [5, 5.41) is 11.2. The van der Waals surface area contributed by atoms with E-state index in [1.165, 1.54) is 23.1 Å². The van der Waals surface area contributed by atoms with Crippen molar-refractivity contribution in [2.24, 2.45) is 0 Å². The number of benzene rings is 1. The first-order chi connectivity index (χ1) is 12.0. The largest absolute Gasteiger partial charge is 0.291 e. The number of carbonyl (C=O) groups excluding carboxylic acids is 1. The van der Waals surface area contributed by atoms with Gasteiger partial charge in [-0.3, -0.25) is 14.8 Å². The minimum Gasteiger partial charge on any atom is -0.291 e. The number of halogens is 2. The van der Waals surface area contributed by atoms with Gasteiger partial charge in [0.15, 0.2) is 0 Å². The molecule has 3 aromatic rings. The van der Waals surface area contributed by atoms with Gasteiger partial charge in [-0.15, -0.1) is 5.10 Å². The van der Waals surface area contributed by atoms with Crippen LogP contribution >= 0.6 is 11.6 Å². The minimum absolute atomic E-state index is 0.113. The second-order valence-electron chi connectivity index (χ2n) is 5.55. The first-order valence-corrected chi connectivity index (χ1v) is 7.97. The highest BCUT2D eigenvalue weighted by atomic mass is 35.5. The quantitative estimate of drug-likeness (QED) is 0.757. The lowest BCUT2D eigenvalue weighted by molar-refractivity contribution is -0.119. The molecule has 25 heavy (non-hydrogen) atoms. The van der Waals surface area contributed by atoms with Gasteiger partial charge in [-0.1, -0.05) is 17.7 Å². The highest BCUT2D eigenvalue weighted by Gasteiger charge is 2.18. The topological polar surface area (TPSA) is 77.6 Å². The second kappa shape index (κ2) is 7.02. The van der Waals surface area contributed by atoms with Gasteiger partial charge in [0.2, 0.25) is 5.95 Å². The van der Waals surface area contributed by atoms with E-state index in [2.05, 4.69) is 20.5 Å². The molecule has 1 amide bonds. The Morgan fingerprint density at radius 1 is 1.40 bits per heavy atom. The maximum Gasteiger partial charge on any atom is 0.251 e. The standard InChI is InChI=1S/C16H16ClFN6O/c1-10-6-7-20-24(10)11(2)15(25)21-16-19-9-23(22-16)8-12-13(17)4-3-5-14(12)18/h3-7,9,11H,8H2,1-2H3,(H,21,22,25). The molecular formula is C16H16ClFN6O. The van der Waals surface area contributed by atoms with E-state index in [0.29, 0.717) is 10.6 Å². The van der Waals surface area contributed by atoms with E-state index in [4.69, 9.17) is 11.6 Å². The lowest BCUT2D eigenvalue weighted by Crippen LogP contribution is -2.25. The van der Waals surface area contributed by atoms with Crippen LogP contribution in [0.1, 0.15) is 24.2 Å². The van der Waals surface area contributed by atoms with Gasteiger partial charge in [-0.25, -0.2) is 14.1 Å². The third-order valence-corrected chi connectivity index (χ3v) is 4.12. The molecule has 2 aromatic heterocycles. The van der Waals surface area contributed by atoms with E-state index in [-0.39, 0.29) is 18.4 Å². The van der Waals surface area contributed by atoms with Crippen molar-refractivity contribution in [3.05, 3.63) is 58.9 Å². The Balaban J connectivity index is 1.70. The van der Waals surface area contributed by atoms with Crippen LogP contribution in [-0.4, -0.2) is 30.5 Å². The molecule has 0 fully saturated rings. The van der Waals surface area contributed by atoms with Gasteiger partial charge < -0.3 is 0 Å². The normalized spacial score (nSPS) is 12.2. The van der Waals surface area contributed by atoms with Gasteiger partial charge in [-0.2, -0.15) is 5.10 Å². The van der Waals surface area contributed by atoms with Crippen molar-refractivity contribution in [1.29, 1.82) is 0 Å². The summed E-state index contributed by atoms with van der Waals surface area (Å²) < 4.78 is 16.8. The van der Waals surface area contributed by atoms with E-state index >= 15 is 0 Å². The number of hydrogen-bond donors (Lipinski definition) is 1. The Morgan fingerprint density at radius 3 is 2.88 bits per heavy atom. The van der Waals surface area contributed by atoms with Crippen molar-refractivity contribution >= 4 is 23.5 Å². The van der Waals surface area contributed by atoms with Crippen LogP contribution in [0.25, 0.3) is 0 Å². The predicted molar refractivity (Wildman–Crippen MR) is 90.8 cm³/mol. The maximum absolute atomic E-state index is 13.8. The predicted octanol–water partition coefficient (Wildman–Crippen LogP) is 2.82. The highest BCUT2D eigenvalue weighted by Crippen LogP contribution is 2.20. The summed E-state index contributed by atoms with van der Waals surface area (Å²) in [6.45, 7) is 3.70. The summed E-state index contributed by atoms with van der Waals surface area (Å²) in [4.78, 5) is 16.3. The number of nitrogens with zero attached hydrogens (tertiary/aromatic N) is 5. The number of carbonyl (C=O) groups is 1. The van der Waals surface area contributed by atoms with E-state index in [9.17, 15) is 9.18 Å². The summed E-state index contributed by atoms with van der Waals surface area (Å²) in [5.74, 6) is -0.584. The number of aromatic nitrogens is 5. The molecular weight excluding hydrogens is 347 g/mol. The maximum atomic E-state index is 13.8. The third kappa shape index (κ3) is 3.69. The molecule has 0 radical (unpaired) electrons. The lowest BCUT2D eigenvalue weighted by atomic mass is 10.2. The molecule has 0 aliphatic carbocycles. The first-order valence-electron chi connectivity index (χ1n) is 7.59. The van der Waals surface area contributed by atoms with Crippen molar-refractivity contribution in [2.75, 3.05) is 5.32 Å². The van der Waals surface area contributed by atoms with E-state index in [1.807, 2.05) is 13.0 Å². The number of nitrogens with one attached hydrogen (secondary N) is 1. The summed E-state index contributed by atoms with van der Waals surface area (Å²) in [6, 6.07) is 5.77. The zero-order valence-electron chi connectivity index (χ0n) is 13.6. The summed E-state index contributed by atoms with van der Waals surface area (Å²) in [7, 11) is 0. The van der Waals surface area contributed by atoms with Crippen molar-refractivity contribution in [1.82, 2.24) is 24.5 Å². The summed E-state index contributed by atoms with van der Waals surface area (Å²) in [5.41, 5.74) is 1.18. The van der Waals surface area contributed by atoms with Crippen molar-refractivity contribution in [3.8, 4) is 0 Å². The number of anilines is 1. The molecule has 0 saturated carbocycles. The smallest absolute Gasteiger partial charge is 0.251 e. The summed E-state index contributed by atoms with van der Waals surface area (Å²) in [6.07, 6.45) is 3.03. The molecule has 9 heteroatoms. The zero-order chi connectivity index (χ0) is 18.0. The molecule has 0 aliphatic heterocycles. The van der Waals surface area contributed by atoms with Crippen LogP contribution in [-0.2, 0) is 11.3 Å². The first kappa shape index (κ1) is 17.1. The van der Waals surface area contributed by atoms with Crippen LogP contribution in [0.2, 0.25) is 5.02 Å². The fourth-order valence-corrected chi connectivity index (χ4v) is 2.61. The van der Waals surface area contributed by atoms with Gasteiger partial charge in [0.05, 0.1) is 6.54 Å². The van der Waals surface area contributed by atoms with Gasteiger partial charge in [0.25, 0.3) is 5.91 Å². The number of rotatable bonds is 5. The molecule has 1 aromatic carbocycles. The van der Waals surface area contributed by atoms with Crippen LogP contribution in [0.5, 0.6) is 0 Å². The minimum atomic E-state index is -0.511. The lowest BCUT2D eigenvalue weighted by Gasteiger charge is -2.12. The van der Waals surface area contributed by atoms with Crippen LogP contribution in [0, 0.1) is 12.7 Å². The fourth-order valence-electron chi connectivity index (χ4n) is 2.39. The van der Waals surface area contributed by atoms with Crippen LogP contribution < -0.4 is 5.32 Å². The van der Waals surface area contributed by atoms with Crippen molar-refractivity contribution in [2.45, 2.75) is 26.4 Å². The Bertz CT molecular complexity index is 885. The molecule has 0 aliphatic rings. The molecule has 1 N–H and O–H groups in total.